The third-order valence-electron chi connectivity index (χ3n) is 7.21. The van der Waals surface area contributed by atoms with Gasteiger partial charge in [0.25, 0.3) is 5.91 Å². The zero-order chi connectivity index (χ0) is 25.1. The molecule has 8 nitrogen and oxygen atoms in total. The number of rotatable bonds is 8. The van der Waals surface area contributed by atoms with Gasteiger partial charge in [0.15, 0.2) is 5.82 Å². The highest BCUT2D eigenvalue weighted by molar-refractivity contribution is 7.92. The van der Waals surface area contributed by atoms with Crippen LogP contribution in [0.2, 0.25) is 0 Å². The Kier molecular flexibility index (Phi) is 7.45. The molecule has 0 saturated carbocycles. The van der Waals surface area contributed by atoms with Crippen molar-refractivity contribution in [2.75, 3.05) is 37.2 Å². The molecule has 0 spiro atoms. The molecule has 2 aromatic rings. The van der Waals surface area contributed by atoms with E-state index < -0.39 is 28.5 Å². The van der Waals surface area contributed by atoms with Crippen LogP contribution in [-0.4, -0.2) is 52.1 Å². The summed E-state index contributed by atoms with van der Waals surface area (Å²) < 4.78 is 55.5. The largest absolute Gasteiger partial charge is 0.487 e. The van der Waals surface area contributed by atoms with Crippen molar-refractivity contribution < 1.29 is 27.1 Å². The zero-order valence-electron chi connectivity index (χ0n) is 20.2. The van der Waals surface area contributed by atoms with Gasteiger partial charge in [-0.25, -0.2) is 13.4 Å². The molecule has 2 fully saturated rings. The number of carbonyl (C=O) groups is 1. The summed E-state index contributed by atoms with van der Waals surface area (Å²) in [4.78, 5) is 14.1. The number of carbonyl (C=O) groups excluding carboxylic acids is 1. The molecule has 3 heterocycles. The molecule has 2 aromatic carbocycles. The van der Waals surface area contributed by atoms with Crippen molar-refractivity contribution in [1.82, 2.24) is 9.62 Å². The molecule has 1 amide bonds. The second-order valence-electron chi connectivity index (χ2n) is 9.71. The fraction of sp³-hybridized carbons (Fsp3) is 0.500. The van der Waals surface area contributed by atoms with E-state index in [9.17, 15) is 13.2 Å². The van der Waals surface area contributed by atoms with Gasteiger partial charge in [-0.15, -0.1) is 0 Å². The summed E-state index contributed by atoms with van der Waals surface area (Å²) in [6.45, 7) is 3.41. The predicted molar refractivity (Wildman–Crippen MR) is 133 cm³/mol. The van der Waals surface area contributed by atoms with Crippen LogP contribution in [0.3, 0.4) is 0 Å². The average Bonchev–Trinajstić information content (AvgIpc) is 3.15. The normalized spacial score (nSPS) is 20.2. The molecule has 10 heteroatoms. The molecule has 36 heavy (non-hydrogen) atoms. The van der Waals surface area contributed by atoms with Gasteiger partial charge in [0, 0.05) is 31.9 Å². The van der Waals surface area contributed by atoms with Gasteiger partial charge >= 0.3 is 10.2 Å². The maximum Gasteiger partial charge on any atom is 0.326 e. The molecule has 0 aromatic heterocycles. The standard InChI is InChI=1S/C26H32FN3O5S/c27-25-22-16-29(11-4-7-19-9-13-34-14-10-19)12-8-21(22)15-23(35-18-20-5-2-1-3-6-20)26(25)30-17-24(31)28-36(30,32)33/h1-3,5-6,15,19H,4,7-14,16-18H2,(H,28,31). The fourth-order valence-corrected chi connectivity index (χ4v) is 6.39. The molecule has 0 unspecified atom stereocenters. The highest BCUT2D eigenvalue weighted by Crippen LogP contribution is 2.40. The number of anilines is 1. The van der Waals surface area contributed by atoms with Crippen LogP contribution in [0, 0.1) is 11.7 Å². The van der Waals surface area contributed by atoms with Gasteiger partial charge in [0.2, 0.25) is 0 Å². The Morgan fingerprint density at radius 2 is 1.92 bits per heavy atom. The first-order valence-corrected chi connectivity index (χ1v) is 14.0. The number of amides is 1. The number of nitrogens with zero attached hydrogens (tertiary/aromatic N) is 2. The molecule has 2 saturated heterocycles. The van der Waals surface area contributed by atoms with Crippen LogP contribution >= 0.6 is 0 Å². The maximum atomic E-state index is 16.1. The maximum absolute atomic E-state index is 16.1. The summed E-state index contributed by atoms with van der Waals surface area (Å²) >= 11 is 0. The molecular weight excluding hydrogens is 485 g/mol. The van der Waals surface area contributed by atoms with Crippen LogP contribution in [0.1, 0.15) is 42.4 Å². The van der Waals surface area contributed by atoms with Crippen LogP contribution < -0.4 is 13.8 Å². The van der Waals surface area contributed by atoms with Gasteiger partial charge in [-0.2, -0.15) is 8.42 Å². The molecule has 0 aliphatic carbocycles. The lowest BCUT2D eigenvalue weighted by Gasteiger charge is -2.32. The van der Waals surface area contributed by atoms with E-state index in [1.807, 2.05) is 35.1 Å². The minimum atomic E-state index is -4.19. The Bertz CT molecular complexity index is 1200. The van der Waals surface area contributed by atoms with E-state index in [1.54, 1.807) is 6.07 Å². The highest BCUT2D eigenvalue weighted by atomic mass is 32.2. The van der Waals surface area contributed by atoms with Crippen LogP contribution in [0.4, 0.5) is 10.1 Å². The molecule has 5 rings (SSSR count). The second-order valence-corrected chi connectivity index (χ2v) is 11.3. The summed E-state index contributed by atoms with van der Waals surface area (Å²) in [5, 5.41) is 0. The van der Waals surface area contributed by atoms with E-state index in [0.717, 1.165) is 67.4 Å². The summed E-state index contributed by atoms with van der Waals surface area (Å²) in [6.07, 6.45) is 5.01. The van der Waals surface area contributed by atoms with E-state index in [0.29, 0.717) is 24.4 Å². The Balaban J connectivity index is 1.38. The molecule has 0 radical (unpaired) electrons. The average molecular weight is 518 g/mol. The number of hydrogen-bond acceptors (Lipinski definition) is 6. The van der Waals surface area contributed by atoms with Crippen LogP contribution in [0.15, 0.2) is 36.4 Å². The van der Waals surface area contributed by atoms with Crippen molar-refractivity contribution in [3.8, 4) is 5.75 Å². The van der Waals surface area contributed by atoms with Gasteiger partial charge in [-0.1, -0.05) is 30.3 Å². The van der Waals surface area contributed by atoms with Crippen molar-refractivity contribution in [2.24, 2.45) is 5.92 Å². The lowest BCUT2D eigenvalue weighted by Crippen LogP contribution is -2.34. The second kappa shape index (κ2) is 10.7. The number of fused-ring (bicyclic) bond motifs is 1. The lowest BCUT2D eigenvalue weighted by atomic mass is 9.94. The molecule has 3 aliphatic heterocycles. The Morgan fingerprint density at radius 3 is 2.64 bits per heavy atom. The summed E-state index contributed by atoms with van der Waals surface area (Å²) in [6, 6.07) is 11.1. The molecular formula is C26H32FN3O5S. The molecule has 1 N–H and O–H groups in total. The van der Waals surface area contributed by atoms with Crippen LogP contribution in [0.25, 0.3) is 0 Å². The third kappa shape index (κ3) is 5.50. The number of hydrogen-bond donors (Lipinski definition) is 1. The van der Waals surface area contributed by atoms with Gasteiger partial charge < -0.3 is 9.47 Å². The van der Waals surface area contributed by atoms with E-state index in [2.05, 4.69) is 4.90 Å². The first kappa shape index (κ1) is 25.0. The minimum absolute atomic E-state index is 0.128. The lowest BCUT2D eigenvalue weighted by molar-refractivity contribution is -0.117. The topological polar surface area (TPSA) is 88.2 Å². The van der Waals surface area contributed by atoms with Crippen molar-refractivity contribution in [2.45, 2.75) is 45.3 Å². The quantitative estimate of drug-likeness (QED) is 0.579. The molecule has 0 bridgehead atoms. The van der Waals surface area contributed by atoms with Gasteiger partial charge in [0.05, 0.1) is 0 Å². The summed E-state index contributed by atoms with van der Waals surface area (Å²) in [5.74, 6) is -0.516. The van der Waals surface area contributed by atoms with Gasteiger partial charge in [-0.3, -0.25) is 9.69 Å². The number of halogens is 1. The van der Waals surface area contributed by atoms with Crippen molar-refractivity contribution in [3.63, 3.8) is 0 Å². The number of nitrogens with one attached hydrogen (secondary N) is 1. The molecule has 194 valence electrons. The van der Waals surface area contributed by atoms with Gasteiger partial charge in [-0.05, 0) is 61.8 Å². The monoisotopic (exact) mass is 517 g/mol. The summed E-state index contributed by atoms with van der Waals surface area (Å²) in [7, 11) is -4.19. The Hall–Kier alpha value is -2.69. The highest BCUT2D eigenvalue weighted by Gasteiger charge is 2.39. The molecule has 3 aliphatic rings. The first-order valence-electron chi connectivity index (χ1n) is 12.5. The van der Waals surface area contributed by atoms with Crippen LogP contribution in [0.5, 0.6) is 5.75 Å². The van der Waals surface area contributed by atoms with Crippen molar-refractivity contribution in [3.05, 3.63) is 58.9 Å². The third-order valence-corrected chi connectivity index (χ3v) is 8.59. The first-order chi connectivity index (χ1) is 17.4. The smallest absolute Gasteiger partial charge is 0.326 e. The van der Waals surface area contributed by atoms with E-state index in [4.69, 9.17) is 9.47 Å². The number of ether oxygens (including phenoxy) is 2. The van der Waals surface area contributed by atoms with E-state index in [1.165, 1.54) is 0 Å². The van der Waals surface area contributed by atoms with Gasteiger partial charge in [0.1, 0.15) is 24.6 Å². The van der Waals surface area contributed by atoms with Crippen LogP contribution in [-0.2, 0) is 39.3 Å². The van der Waals surface area contributed by atoms with Crippen molar-refractivity contribution >= 4 is 21.8 Å². The van der Waals surface area contributed by atoms with E-state index in [-0.39, 0.29) is 18.0 Å². The predicted octanol–water partition coefficient (Wildman–Crippen LogP) is 3.15. The number of benzene rings is 2. The fourth-order valence-electron chi connectivity index (χ4n) is 5.23. The zero-order valence-corrected chi connectivity index (χ0v) is 21.1. The SMILES string of the molecule is O=C1CN(c2c(OCc3ccccc3)cc3c(c2F)CN(CCCC2CCOCC2)CC3)S(=O)(=O)N1. The van der Waals surface area contributed by atoms with Crippen molar-refractivity contribution in [1.29, 1.82) is 0 Å². The van der Waals surface area contributed by atoms with E-state index >= 15 is 4.39 Å². The minimum Gasteiger partial charge on any atom is -0.487 e. The Labute approximate surface area is 211 Å². The molecule has 0 atom stereocenters. The Morgan fingerprint density at radius 1 is 1.14 bits per heavy atom. The summed E-state index contributed by atoms with van der Waals surface area (Å²) in [5.41, 5.74) is 1.96.